The second kappa shape index (κ2) is 14.6. The Labute approximate surface area is 265 Å². The van der Waals surface area contributed by atoms with Crippen LogP contribution in [0.2, 0.25) is 5.02 Å². The molecule has 0 unspecified atom stereocenters. The zero-order valence-corrected chi connectivity index (χ0v) is 27.0. The molecule has 0 bridgehead atoms. The number of amides is 2. The number of aryl methyl sites for hydroxylation is 2. The van der Waals surface area contributed by atoms with Gasteiger partial charge >= 0.3 is 0 Å². The van der Waals surface area contributed by atoms with Gasteiger partial charge in [-0.05, 0) is 68.7 Å². The van der Waals surface area contributed by atoms with Gasteiger partial charge in [0.2, 0.25) is 11.8 Å². The van der Waals surface area contributed by atoms with Crippen LogP contribution in [0.1, 0.15) is 36.1 Å². The molecule has 7 nitrogen and oxygen atoms in total. The average Bonchev–Trinajstić information content (AvgIpc) is 2.99. The number of para-hydroxylation sites is 1. The number of anilines is 1. The first-order chi connectivity index (χ1) is 21.0. The smallest absolute Gasteiger partial charge is 0.264 e. The number of nitrogens with one attached hydrogen (secondary N) is 1. The van der Waals surface area contributed by atoms with Crippen molar-refractivity contribution < 1.29 is 18.0 Å². The summed E-state index contributed by atoms with van der Waals surface area (Å²) in [5.74, 6) is -0.861. The van der Waals surface area contributed by atoms with Crippen molar-refractivity contribution >= 4 is 39.1 Å². The SMILES string of the molecule is Cc1ccc(S(=O)(=O)N(CC(=O)N(Cc2ccccc2C)[C@@H](Cc2ccccc2)C(=O)NC(C)C)c2ccccc2Cl)cc1. The van der Waals surface area contributed by atoms with E-state index >= 15 is 0 Å². The zero-order valence-electron chi connectivity index (χ0n) is 25.4. The molecule has 44 heavy (non-hydrogen) atoms. The lowest BCUT2D eigenvalue weighted by Crippen LogP contribution is -2.54. The van der Waals surface area contributed by atoms with Gasteiger partial charge in [0.25, 0.3) is 10.0 Å². The van der Waals surface area contributed by atoms with E-state index in [0.29, 0.717) is 0 Å². The highest BCUT2D eigenvalue weighted by Gasteiger charge is 2.35. The number of rotatable bonds is 12. The molecule has 0 spiro atoms. The fourth-order valence-electron chi connectivity index (χ4n) is 4.91. The molecule has 9 heteroatoms. The molecule has 0 radical (unpaired) electrons. The first-order valence-corrected chi connectivity index (χ1v) is 16.3. The van der Waals surface area contributed by atoms with Crippen LogP contribution in [-0.4, -0.2) is 43.8 Å². The normalized spacial score (nSPS) is 12.0. The Kier molecular flexibility index (Phi) is 10.8. The van der Waals surface area contributed by atoms with Crippen LogP contribution < -0.4 is 9.62 Å². The minimum atomic E-state index is -4.23. The van der Waals surface area contributed by atoms with Crippen molar-refractivity contribution in [1.82, 2.24) is 10.2 Å². The second-order valence-electron chi connectivity index (χ2n) is 11.1. The van der Waals surface area contributed by atoms with Crippen LogP contribution in [0.4, 0.5) is 5.69 Å². The lowest BCUT2D eigenvalue weighted by Gasteiger charge is -2.34. The van der Waals surface area contributed by atoms with Gasteiger partial charge in [-0.25, -0.2) is 8.42 Å². The number of halogens is 1. The molecule has 0 heterocycles. The lowest BCUT2D eigenvalue weighted by molar-refractivity contribution is -0.140. The minimum absolute atomic E-state index is 0.0275. The topological polar surface area (TPSA) is 86.8 Å². The Morgan fingerprint density at radius 3 is 2.07 bits per heavy atom. The van der Waals surface area contributed by atoms with E-state index in [-0.39, 0.29) is 40.5 Å². The highest BCUT2D eigenvalue weighted by atomic mass is 35.5. The van der Waals surface area contributed by atoms with Crippen LogP contribution >= 0.6 is 11.6 Å². The summed E-state index contributed by atoms with van der Waals surface area (Å²) in [6.07, 6.45) is 0.244. The average molecular weight is 632 g/mol. The molecule has 4 aromatic carbocycles. The van der Waals surface area contributed by atoms with Crippen molar-refractivity contribution in [2.24, 2.45) is 0 Å². The summed E-state index contributed by atoms with van der Waals surface area (Å²) in [7, 11) is -4.23. The maximum atomic E-state index is 14.5. The van der Waals surface area contributed by atoms with Gasteiger partial charge in [0, 0.05) is 19.0 Å². The minimum Gasteiger partial charge on any atom is -0.352 e. The molecule has 0 saturated heterocycles. The Morgan fingerprint density at radius 1 is 0.818 bits per heavy atom. The quantitative estimate of drug-likeness (QED) is 0.198. The maximum Gasteiger partial charge on any atom is 0.264 e. The van der Waals surface area contributed by atoms with Crippen molar-refractivity contribution in [1.29, 1.82) is 0 Å². The predicted molar refractivity (Wildman–Crippen MR) is 176 cm³/mol. The van der Waals surface area contributed by atoms with Crippen LogP contribution in [0.3, 0.4) is 0 Å². The predicted octanol–water partition coefficient (Wildman–Crippen LogP) is 6.32. The Bertz CT molecular complexity index is 1690. The summed E-state index contributed by atoms with van der Waals surface area (Å²) in [4.78, 5) is 29.8. The van der Waals surface area contributed by atoms with Crippen LogP contribution in [0.15, 0.2) is 108 Å². The van der Waals surface area contributed by atoms with Crippen LogP contribution in [0, 0.1) is 13.8 Å². The van der Waals surface area contributed by atoms with Crippen LogP contribution in [0.25, 0.3) is 0 Å². The largest absolute Gasteiger partial charge is 0.352 e. The van der Waals surface area contributed by atoms with Crippen LogP contribution in [0.5, 0.6) is 0 Å². The molecule has 0 aliphatic carbocycles. The summed E-state index contributed by atoms with van der Waals surface area (Å²) in [5, 5.41) is 3.15. The summed E-state index contributed by atoms with van der Waals surface area (Å²) in [6, 6.07) is 29.0. The van der Waals surface area contributed by atoms with Crippen molar-refractivity contribution in [2.45, 2.75) is 57.6 Å². The molecule has 2 amide bonds. The van der Waals surface area contributed by atoms with E-state index in [0.717, 1.165) is 26.6 Å². The monoisotopic (exact) mass is 631 g/mol. The number of carbonyl (C=O) groups is 2. The van der Waals surface area contributed by atoms with E-state index in [9.17, 15) is 18.0 Å². The van der Waals surface area contributed by atoms with Gasteiger partial charge in [-0.15, -0.1) is 0 Å². The number of nitrogens with zero attached hydrogens (tertiary/aromatic N) is 2. The van der Waals surface area contributed by atoms with E-state index in [4.69, 9.17) is 11.6 Å². The zero-order chi connectivity index (χ0) is 31.9. The van der Waals surface area contributed by atoms with Crippen molar-refractivity contribution in [3.05, 3.63) is 130 Å². The van der Waals surface area contributed by atoms with Gasteiger partial charge in [0.1, 0.15) is 12.6 Å². The third-order valence-electron chi connectivity index (χ3n) is 7.31. The molecule has 1 atom stereocenters. The number of sulfonamides is 1. The fraction of sp³-hybridized carbons (Fsp3) is 0.257. The third kappa shape index (κ3) is 8.07. The van der Waals surface area contributed by atoms with E-state index in [1.54, 1.807) is 36.4 Å². The van der Waals surface area contributed by atoms with Gasteiger partial charge in [0.05, 0.1) is 15.6 Å². The molecule has 0 aromatic heterocycles. The number of benzene rings is 4. The molecule has 0 saturated carbocycles. The molecular formula is C35H38ClN3O4S. The van der Waals surface area contributed by atoms with Crippen molar-refractivity contribution in [2.75, 3.05) is 10.8 Å². The molecule has 4 rings (SSSR count). The fourth-order valence-corrected chi connectivity index (χ4v) is 6.63. The first kappa shape index (κ1) is 32.8. The van der Waals surface area contributed by atoms with E-state index in [2.05, 4.69) is 5.32 Å². The maximum absolute atomic E-state index is 14.5. The number of carbonyl (C=O) groups excluding carboxylic acids is 2. The molecule has 230 valence electrons. The summed E-state index contributed by atoms with van der Waals surface area (Å²) >= 11 is 6.53. The molecule has 0 aliphatic heterocycles. The second-order valence-corrected chi connectivity index (χ2v) is 13.4. The van der Waals surface area contributed by atoms with Gasteiger partial charge in [-0.1, -0.05) is 96.0 Å². The van der Waals surface area contributed by atoms with Gasteiger partial charge in [0.15, 0.2) is 0 Å². The number of hydrogen-bond donors (Lipinski definition) is 1. The Balaban J connectivity index is 1.82. The lowest BCUT2D eigenvalue weighted by atomic mass is 10.0. The first-order valence-electron chi connectivity index (χ1n) is 14.5. The summed E-state index contributed by atoms with van der Waals surface area (Å²) in [6.45, 7) is 7.07. The standard InChI is InChI=1S/C35H38ClN3O4S/c1-25(2)37-35(41)33(22-28-13-6-5-7-14-28)38(23-29-15-9-8-12-27(29)4)34(40)24-39(32-17-11-10-16-31(32)36)44(42,43)30-20-18-26(3)19-21-30/h5-21,25,33H,22-24H2,1-4H3,(H,37,41)/t33-/m0/s1. The van der Waals surface area contributed by atoms with Gasteiger partial charge < -0.3 is 10.2 Å². The van der Waals surface area contributed by atoms with Crippen molar-refractivity contribution in [3.63, 3.8) is 0 Å². The Hall–Kier alpha value is -4.14. The van der Waals surface area contributed by atoms with Gasteiger partial charge in [-0.2, -0.15) is 0 Å². The summed E-state index contributed by atoms with van der Waals surface area (Å²) in [5.41, 5.74) is 3.73. The third-order valence-corrected chi connectivity index (χ3v) is 9.41. The van der Waals surface area contributed by atoms with Crippen molar-refractivity contribution in [3.8, 4) is 0 Å². The molecular weight excluding hydrogens is 594 g/mol. The Morgan fingerprint density at radius 2 is 1.43 bits per heavy atom. The summed E-state index contributed by atoms with van der Waals surface area (Å²) < 4.78 is 29.3. The highest BCUT2D eigenvalue weighted by Crippen LogP contribution is 2.31. The van der Waals surface area contributed by atoms with E-state index in [1.807, 2.05) is 82.3 Å². The van der Waals surface area contributed by atoms with Gasteiger partial charge in [-0.3, -0.25) is 13.9 Å². The highest BCUT2D eigenvalue weighted by molar-refractivity contribution is 7.92. The number of hydrogen-bond acceptors (Lipinski definition) is 4. The van der Waals surface area contributed by atoms with E-state index in [1.165, 1.54) is 17.0 Å². The molecule has 1 N–H and O–H groups in total. The van der Waals surface area contributed by atoms with Crippen LogP contribution in [-0.2, 0) is 32.6 Å². The van der Waals surface area contributed by atoms with E-state index < -0.39 is 28.5 Å². The molecule has 0 aliphatic rings. The molecule has 0 fully saturated rings. The molecule has 4 aromatic rings.